The second kappa shape index (κ2) is 5.17. The molecule has 0 aliphatic carbocycles. The number of carbonyl (C=O) groups is 1. The van der Waals surface area contributed by atoms with Crippen LogP contribution < -0.4 is 4.74 Å². The Morgan fingerprint density at radius 3 is 2.73 bits per heavy atom. The lowest BCUT2D eigenvalue weighted by atomic mass is 9.93. The van der Waals surface area contributed by atoms with Gasteiger partial charge in [-0.2, -0.15) is 0 Å². The summed E-state index contributed by atoms with van der Waals surface area (Å²) in [6.45, 7) is 3.99. The number of carbonyl (C=O) groups excluding carboxylic acids is 1. The highest BCUT2D eigenvalue weighted by molar-refractivity contribution is 6.32. The molecule has 1 aromatic carbocycles. The molecule has 1 aromatic rings. The summed E-state index contributed by atoms with van der Waals surface area (Å²) in [4.78, 5) is 10.5. The van der Waals surface area contributed by atoms with Gasteiger partial charge in [-0.05, 0) is 24.5 Å². The van der Waals surface area contributed by atoms with Crippen molar-refractivity contribution in [3.05, 3.63) is 28.3 Å². The molecular formula is C12H15ClO2. The summed E-state index contributed by atoms with van der Waals surface area (Å²) >= 11 is 6.03. The molecule has 0 amide bonds. The molecule has 0 bridgehead atoms. The predicted octanol–water partition coefficient (Wildman–Crippen LogP) is 3.35. The largest absolute Gasteiger partial charge is 0.495 e. The van der Waals surface area contributed by atoms with Gasteiger partial charge in [-0.25, -0.2) is 0 Å². The Hall–Kier alpha value is -1.02. The molecule has 1 rings (SSSR count). The van der Waals surface area contributed by atoms with Crippen molar-refractivity contribution in [3.8, 4) is 5.75 Å². The van der Waals surface area contributed by atoms with E-state index in [0.29, 0.717) is 17.2 Å². The maximum Gasteiger partial charge on any atom is 0.141 e. The Kier molecular flexibility index (Phi) is 4.15. The highest BCUT2D eigenvalue weighted by Gasteiger charge is 2.16. The van der Waals surface area contributed by atoms with Crippen LogP contribution in [0.3, 0.4) is 0 Å². The molecule has 0 heterocycles. The molecule has 0 aliphatic rings. The van der Waals surface area contributed by atoms with Gasteiger partial charge in [-0.1, -0.05) is 24.6 Å². The molecule has 3 heteroatoms. The predicted molar refractivity (Wildman–Crippen MR) is 61.8 cm³/mol. The summed E-state index contributed by atoms with van der Waals surface area (Å²) in [5.74, 6) is 0.821. The highest BCUT2D eigenvalue weighted by Crippen LogP contribution is 2.36. The Balaban J connectivity index is 3.23. The van der Waals surface area contributed by atoms with Gasteiger partial charge in [0.05, 0.1) is 12.1 Å². The molecule has 0 saturated carbocycles. The molecule has 1 unspecified atom stereocenters. The fourth-order valence-electron chi connectivity index (χ4n) is 1.75. The number of halogens is 1. The molecule has 0 saturated heterocycles. The van der Waals surface area contributed by atoms with E-state index in [9.17, 15) is 4.79 Å². The number of aryl methyl sites for hydroxylation is 1. The first kappa shape index (κ1) is 12.1. The molecular weight excluding hydrogens is 212 g/mol. The molecule has 0 spiro atoms. The van der Waals surface area contributed by atoms with Crippen LogP contribution in [0.4, 0.5) is 0 Å². The normalized spacial score (nSPS) is 12.3. The summed E-state index contributed by atoms with van der Waals surface area (Å²) in [6, 6.07) is 3.76. The fraction of sp³-hybridized carbons (Fsp3) is 0.417. The summed E-state index contributed by atoms with van der Waals surface area (Å²) in [5, 5.41) is 0.593. The highest BCUT2D eigenvalue weighted by atomic mass is 35.5. The number of ether oxygens (including phenoxy) is 1. The van der Waals surface area contributed by atoms with Crippen molar-refractivity contribution in [1.29, 1.82) is 0 Å². The van der Waals surface area contributed by atoms with Gasteiger partial charge in [0.15, 0.2) is 0 Å². The van der Waals surface area contributed by atoms with Gasteiger partial charge in [-0.15, -0.1) is 0 Å². The van der Waals surface area contributed by atoms with Crippen LogP contribution in [0, 0.1) is 6.92 Å². The van der Waals surface area contributed by atoms with Gasteiger partial charge in [0.1, 0.15) is 12.0 Å². The van der Waals surface area contributed by atoms with Crippen molar-refractivity contribution < 1.29 is 9.53 Å². The van der Waals surface area contributed by atoms with Crippen LogP contribution in [0.1, 0.15) is 30.4 Å². The van der Waals surface area contributed by atoms with E-state index in [4.69, 9.17) is 16.3 Å². The number of rotatable bonds is 4. The van der Waals surface area contributed by atoms with Crippen molar-refractivity contribution >= 4 is 17.9 Å². The molecule has 0 fully saturated rings. The van der Waals surface area contributed by atoms with E-state index in [0.717, 1.165) is 17.4 Å². The topological polar surface area (TPSA) is 26.3 Å². The SMILES string of the molecule is COc1c(Cl)ccc(C)c1C(C)CC=O. The van der Waals surface area contributed by atoms with E-state index >= 15 is 0 Å². The smallest absolute Gasteiger partial charge is 0.141 e. The number of benzene rings is 1. The van der Waals surface area contributed by atoms with Crippen molar-refractivity contribution in [2.75, 3.05) is 7.11 Å². The van der Waals surface area contributed by atoms with Crippen molar-refractivity contribution in [1.82, 2.24) is 0 Å². The maximum absolute atomic E-state index is 10.5. The van der Waals surface area contributed by atoms with Crippen LogP contribution in [0.2, 0.25) is 5.02 Å². The van der Waals surface area contributed by atoms with Gasteiger partial charge in [0.25, 0.3) is 0 Å². The number of aldehydes is 1. The van der Waals surface area contributed by atoms with E-state index in [1.54, 1.807) is 7.11 Å². The summed E-state index contributed by atoms with van der Waals surface area (Å²) in [7, 11) is 1.60. The molecule has 0 N–H and O–H groups in total. The average Bonchev–Trinajstić information content (AvgIpc) is 2.21. The van der Waals surface area contributed by atoms with E-state index in [-0.39, 0.29) is 5.92 Å². The molecule has 0 aliphatic heterocycles. The van der Waals surface area contributed by atoms with Crippen LogP contribution in [0.15, 0.2) is 12.1 Å². The Bertz CT molecular complexity index is 361. The monoisotopic (exact) mass is 226 g/mol. The van der Waals surface area contributed by atoms with Crippen LogP contribution in [-0.2, 0) is 4.79 Å². The molecule has 0 radical (unpaired) electrons. The number of hydrogen-bond donors (Lipinski definition) is 0. The quantitative estimate of drug-likeness (QED) is 0.736. The van der Waals surface area contributed by atoms with E-state index in [2.05, 4.69) is 0 Å². The number of methoxy groups -OCH3 is 1. The first-order chi connectivity index (χ1) is 7.11. The standard InChI is InChI=1S/C12H15ClO2/c1-8-4-5-10(13)12(15-3)11(8)9(2)6-7-14/h4-5,7,9H,6H2,1-3H3. The van der Waals surface area contributed by atoms with E-state index in [1.807, 2.05) is 26.0 Å². The molecule has 15 heavy (non-hydrogen) atoms. The van der Waals surface area contributed by atoms with Crippen molar-refractivity contribution in [2.24, 2.45) is 0 Å². The van der Waals surface area contributed by atoms with E-state index < -0.39 is 0 Å². The van der Waals surface area contributed by atoms with Crippen LogP contribution in [0.5, 0.6) is 5.75 Å². The van der Waals surface area contributed by atoms with Crippen LogP contribution in [0.25, 0.3) is 0 Å². The Morgan fingerprint density at radius 1 is 1.53 bits per heavy atom. The lowest BCUT2D eigenvalue weighted by Gasteiger charge is -2.17. The fourth-order valence-corrected chi connectivity index (χ4v) is 2.00. The van der Waals surface area contributed by atoms with Gasteiger partial charge >= 0.3 is 0 Å². The summed E-state index contributed by atoms with van der Waals surface area (Å²) < 4.78 is 5.28. The molecule has 82 valence electrons. The first-order valence-electron chi connectivity index (χ1n) is 4.88. The van der Waals surface area contributed by atoms with Gasteiger partial charge in [0, 0.05) is 12.0 Å². The third-order valence-electron chi connectivity index (χ3n) is 2.51. The zero-order chi connectivity index (χ0) is 11.4. The second-order valence-electron chi connectivity index (χ2n) is 3.61. The second-order valence-corrected chi connectivity index (χ2v) is 4.02. The first-order valence-corrected chi connectivity index (χ1v) is 5.26. The maximum atomic E-state index is 10.5. The zero-order valence-corrected chi connectivity index (χ0v) is 9.97. The summed E-state index contributed by atoms with van der Waals surface area (Å²) in [5.41, 5.74) is 2.13. The lowest BCUT2D eigenvalue weighted by Crippen LogP contribution is -2.01. The minimum Gasteiger partial charge on any atom is -0.495 e. The van der Waals surface area contributed by atoms with Crippen molar-refractivity contribution in [2.45, 2.75) is 26.2 Å². The number of hydrogen-bond acceptors (Lipinski definition) is 2. The average molecular weight is 227 g/mol. The third kappa shape index (κ3) is 2.51. The van der Waals surface area contributed by atoms with Gasteiger partial charge < -0.3 is 9.53 Å². The van der Waals surface area contributed by atoms with Crippen LogP contribution >= 0.6 is 11.6 Å². The molecule has 0 aromatic heterocycles. The summed E-state index contributed by atoms with van der Waals surface area (Å²) in [6.07, 6.45) is 1.40. The third-order valence-corrected chi connectivity index (χ3v) is 2.81. The molecule has 2 nitrogen and oxygen atoms in total. The Labute approximate surface area is 95.2 Å². The van der Waals surface area contributed by atoms with E-state index in [1.165, 1.54) is 0 Å². The van der Waals surface area contributed by atoms with Gasteiger partial charge in [-0.3, -0.25) is 0 Å². The minimum atomic E-state index is 0.135. The minimum absolute atomic E-state index is 0.135. The van der Waals surface area contributed by atoms with Crippen molar-refractivity contribution in [3.63, 3.8) is 0 Å². The van der Waals surface area contributed by atoms with Gasteiger partial charge in [0.2, 0.25) is 0 Å². The molecule has 1 atom stereocenters. The Morgan fingerprint density at radius 2 is 2.20 bits per heavy atom. The van der Waals surface area contributed by atoms with Crippen LogP contribution in [-0.4, -0.2) is 13.4 Å². The lowest BCUT2D eigenvalue weighted by molar-refractivity contribution is -0.108. The zero-order valence-electron chi connectivity index (χ0n) is 9.21.